The van der Waals surface area contributed by atoms with E-state index in [4.69, 9.17) is 20.3 Å². The molecule has 1 aromatic rings. The molecular weight excluding hydrogens is 355 g/mol. The number of nitrogens with two attached hydrogens (primary N) is 2. The SMILES string of the molecule is CCO[Si](C)(OCC)C(N)(C(N)=O)c1c(F)c(F)c(F)c(F)c1F. The molecule has 0 aliphatic carbocycles. The van der Waals surface area contributed by atoms with Crippen molar-refractivity contribution in [1.29, 1.82) is 0 Å². The molecule has 1 amide bonds. The van der Waals surface area contributed by atoms with Crippen LogP contribution in [0.25, 0.3) is 0 Å². The van der Waals surface area contributed by atoms with Crippen molar-refractivity contribution in [2.24, 2.45) is 11.5 Å². The Balaban J connectivity index is 3.89. The molecule has 0 heterocycles. The summed E-state index contributed by atoms with van der Waals surface area (Å²) in [4.78, 5) is 11.9. The summed E-state index contributed by atoms with van der Waals surface area (Å²) >= 11 is 0. The summed E-state index contributed by atoms with van der Waals surface area (Å²) < 4.78 is 79.2. The van der Waals surface area contributed by atoms with Gasteiger partial charge in [-0.1, -0.05) is 0 Å². The minimum Gasteiger partial charge on any atom is -0.393 e. The van der Waals surface area contributed by atoms with Crippen molar-refractivity contribution >= 4 is 14.5 Å². The molecule has 0 saturated carbocycles. The lowest BCUT2D eigenvalue weighted by Gasteiger charge is -2.40. The Morgan fingerprint density at radius 3 is 1.58 bits per heavy atom. The number of benzene rings is 1. The number of primary amides is 1. The molecule has 0 saturated heterocycles. The highest BCUT2D eigenvalue weighted by atomic mass is 28.4. The van der Waals surface area contributed by atoms with Gasteiger partial charge in [-0.3, -0.25) is 4.79 Å². The second-order valence-corrected chi connectivity index (χ2v) is 8.19. The van der Waals surface area contributed by atoms with Gasteiger partial charge in [0.05, 0.1) is 5.56 Å². The summed E-state index contributed by atoms with van der Waals surface area (Å²) in [7, 11) is -4.07. The minimum atomic E-state index is -4.07. The number of carbonyl (C=O) groups excluding carboxylic acids is 1. The van der Waals surface area contributed by atoms with Gasteiger partial charge < -0.3 is 20.3 Å². The molecular formula is C13H17F5N2O3Si. The number of hydrogen-bond donors (Lipinski definition) is 2. The molecule has 0 radical (unpaired) electrons. The van der Waals surface area contributed by atoms with Crippen LogP contribution in [-0.4, -0.2) is 27.7 Å². The Kier molecular flexibility index (Phi) is 6.08. The highest BCUT2D eigenvalue weighted by molar-refractivity contribution is 6.73. The predicted molar refractivity (Wildman–Crippen MR) is 76.2 cm³/mol. The normalized spacial score (nSPS) is 14.5. The Morgan fingerprint density at radius 1 is 0.958 bits per heavy atom. The van der Waals surface area contributed by atoms with Crippen molar-refractivity contribution in [3.63, 3.8) is 0 Å². The minimum absolute atomic E-state index is 0.0929. The predicted octanol–water partition coefficient (Wildman–Crippen LogP) is 1.71. The van der Waals surface area contributed by atoms with Crippen LogP contribution in [0.5, 0.6) is 0 Å². The van der Waals surface area contributed by atoms with Crippen molar-refractivity contribution in [3.05, 3.63) is 34.6 Å². The molecule has 0 spiro atoms. The number of amides is 1. The van der Waals surface area contributed by atoms with Gasteiger partial charge in [0.25, 0.3) is 0 Å². The van der Waals surface area contributed by atoms with E-state index < -0.39 is 54.3 Å². The quantitative estimate of drug-likeness (QED) is 0.330. The average Bonchev–Trinajstić information content (AvgIpc) is 2.51. The second-order valence-electron chi connectivity index (χ2n) is 4.93. The van der Waals surface area contributed by atoms with E-state index in [9.17, 15) is 26.7 Å². The molecule has 1 unspecified atom stereocenters. The van der Waals surface area contributed by atoms with Crippen molar-refractivity contribution in [1.82, 2.24) is 0 Å². The largest absolute Gasteiger partial charge is 0.393 e. The topological polar surface area (TPSA) is 87.6 Å². The van der Waals surface area contributed by atoms with Gasteiger partial charge in [0.1, 0.15) is 0 Å². The smallest absolute Gasteiger partial charge is 0.370 e. The van der Waals surface area contributed by atoms with E-state index in [2.05, 4.69) is 0 Å². The lowest BCUT2D eigenvalue weighted by molar-refractivity contribution is -0.122. The van der Waals surface area contributed by atoms with Gasteiger partial charge in [0.2, 0.25) is 11.7 Å². The first-order valence-corrected chi connectivity index (χ1v) is 9.19. The third-order valence-electron chi connectivity index (χ3n) is 3.55. The Morgan fingerprint density at radius 2 is 1.29 bits per heavy atom. The molecule has 0 aromatic heterocycles. The number of hydrogen-bond acceptors (Lipinski definition) is 4. The van der Waals surface area contributed by atoms with Crippen LogP contribution in [0.15, 0.2) is 0 Å². The lowest BCUT2D eigenvalue weighted by atomic mass is 10.0. The van der Waals surface area contributed by atoms with E-state index in [0.717, 1.165) is 6.55 Å². The van der Waals surface area contributed by atoms with Crippen LogP contribution in [0.3, 0.4) is 0 Å². The maximum Gasteiger partial charge on any atom is 0.370 e. The lowest BCUT2D eigenvalue weighted by Crippen LogP contribution is -2.70. The van der Waals surface area contributed by atoms with Crippen LogP contribution in [0.2, 0.25) is 6.55 Å². The summed E-state index contributed by atoms with van der Waals surface area (Å²) in [6.45, 7) is 3.92. The molecule has 1 atom stereocenters. The number of rotatable bonds is 7. The monoisotopic (exact) mass is 372 g/mol. The average molecular weight is 372 g/mol. The van der Waals surface area contributed by atoms with Gasteiger partial charge in [0, 0.05) is 13.2 Å². The van der Waals surface area contributed by atoms with Crippen LogP contribution in [-0.2, 0) is 18.8 Å². The molecule has 4 N–H and O–H groups in total. The Labute approximate surface area is 136 Å². The zero-order chi connectivity index (χ0) is 18.9. The molecule has 5 nitrogen and oxygen atoms in total. The molecule has 136 valence electrons. The third kappa shape index (κ3) is 2.92. The second kappa shape index (κ2) is 7.13. The van der Waals surface area contributed by atoms with Gasteiger partial charge in [-0.25, -0.2) is 22.0 Å². The van der Waals surface area contributed by atoms with Gasteiger partial charge in [-0.05, 0) is 20.4 Å². The highest BCUT2D eigenvalue weighted by Crippen LogP contribution is 2.37. The molecule has 11 heteroatoms. The zero-order valence-corrected chi connectivity index (χ0v) is 14.2. The fourth-order valence-corrected chi connectivity index (χ4v) is 5.11. The number of halogens is 5. The summed E-state index contributed by atoms with van der Waals surface area (Å²) in [6, 6.07) is 0. The van der Waals surface area contributed by atoms with E-state index in [1.54, 1.807) is 0 Å². The van der Waals surface area contributed by atoms with Gasteiger partial charge >= 0.3 is 8.56 Å². The fourth-order valence-electron chi connectivity index (χ4n) is 2.35. The van der Waals surface area contributed by atoms with Crippen molar-refractivity contribution in [2.45, 2.75) is 25.6 Å². The zero-order valence-electron chi connectivity index (χ0n) is 13.2. The van der Waals surface area contributed by atoms with Crippen LogP contribution in [0.4, 0.5) is 22.0 Å². The molecule has 0 aliphatic heterocycles. The molecule has 0 fully saturated rings. The fraction of sp³-hybridized carbons (Fsp3) is 0.462. The first-order chi connectivity index (χ1) is 11.0. The first kappa shape index (κ1) is 20.5. The standard InChI is InChI=1S/C13H17F5N2O3Si/c1-4-22-24(3,23-5-2)13(20,12(19)21)6-7(14)9(16)11(18)10(17)8(6)15/h4-5,20H2,1-3H3,(H2,19,21). The van der Waals surface area contributed by atoms with Gasteiger partial charge in [-0.15, -0.1) is 0 Å². The van der Waals surface area contributed by atoms with Gasteiger partial charge in [0.15, 0.2) is 28.4 Å². The van der Waals surface area contributed by atoms with Crippen molar-refractivity contribution in [2.75, 3.05) is 13.2 Å². The van der Waals surface area contributed by atoms with E-state index in [-0.39, 0.29) is 13.2 Å². The van der Waals surface area contributed by atoms with E-state index >= 15 is 0 Å². The van der Waals surface area contributed by atoms with E-state index in [0.29, 0.717) is 0 Å². The van der Waals surface area contributed by atoms with Gasteiger partial charge in [-0.2, -0.15) is 0 Å². The Bertz CT molecular complexity index is 626. The van der Waals surface area contributed by atoms with E-state index in [1.807, 2.05) is 0 Å². The Hall–Kier alpha value is -1.56. The number of carbonyl (C=O) groups is 1. The summed E-state index contributed by atoms with van der Waals surface area (Å²) in [6.07, 6.45) is 0. The van der Waals surface area contributed by atoms with Crippen LogP contribution in [0.1, 0.15) is 19.4 Å². The summed E-state index contributed by atoms with van der Waals surface area (Å²) in [5.41, 5.74) is 9.40. The van der Waals surface area contributed by atoms with E-state index in [1.165, 1.54) is 13.8 Å². The van der Waals surface area contributed by atoms with Crippen molar-refractivity contribution in [3.8, 4) is 0 Å². The third-order valence-corrected chi connectivity index (χ3v) is 7.16. The highest BCUT2D eigenvalue weighted by Gasteiger charge is 2.61. The first-order valence-electron chi connectivity index (χ1n) is 6.88. The summed E-state index contributed by atoms with van der Waals surface area (Å²) in [5.74, 6) is -12.9. The molecule has 1 rings (SSSR count). The molecule has 1 aromatic carbocycles. The molecule has 0 bridgehead atoms. The maximum atomic E-state index is 14.2. The molecule has 0 aliphatic rings. The van der Waals surface area contributed by atoms with Crippen molar-refractivity contribution < 1.29 is 35.6 Å². The summed E-state index contributed by atoms with van der Waals surface area (Å²) in [5, 5.41) is -2.86. The maximum absolute atomic E-state index is 14.2. The molecule has 24 heavy (non-hydrogen) atoms. The van der Waals surface area contributed by atoms with Crippen LogP contribution in [0, 0.1) is 29.1 Å². The van der Waals surface area contributed by atoms with Crippen LogP contribution >= 0.6 is 0 Å². The van der Waals surface area contributed by atoms with Crippen LogP contribution < -0.4 is 11.5 Å².